The molecule has 444 valence electrons. The number of benzene rings is 8. The molecule has 0 saturated heterocycles. The number of phenolic OH excluding ortho intramolecular Hbond substituents is 2. The molecule has 8 aromatic rings. The first-order chi connectivity index (χ1) is 39.5. The molecule has 0 bridgehead atoms. The fourth-order valence-corrected chi connectivity index (χ4v) is 11.8. The highest BCUT2D eigenvalue weighted by Crippen LogP contribution is 2.47. The fraction of sp³-hybridized carbons (Fsp3) is 0.0833. The van der Waals surface area contributed by atoms with Crippen LogP contribution >= 0.6 is 0 Å². The molecule has 0 aliphatic rings. The summed E-state index contributed by atoms with van der Waals surface area (Å²) in [6.07, 6.45) is 0. The van der Waals surface area contributed by atoms with E-state index < -0.39 is 124 Å². The minimum absolute atomic E-state index is 0.00782. The molecule has 0 aromatic heterocycles. The molecule has 0 spiro atoms. The lowest BCUT2D eigenvalue weighted by Gasteiger charge is -2.14. The van der Waals surface area contributed by atoms with E-state index in [1.54, 1.807) is 0 Å². The predicted molar refractivity (Wildman–Crippen MR) is 298 cm³/mol. The first-order valence-corrected chi connectivity index (χ1v) is 31.6. The number of aryl methyl sites for hydroxylation is 2. The molecule has 37 heteroatoms. The van der Waals surface area contributed by atoms with Gasteiger partial charge in [0.15, 0.2) is 11.5 Å². The molecular formula is C48H39N9O22S6. The third-order valence-corrected chi connectivity index (χ3v) is 17.2. The molecule has 0 atom stereocenters. The standard InChI is InChI=1S/C48H39N9O22S6/c1-23-13-37(39(58)21-35(23)52-50-33-11-7-29(80(60,61)62)19-41(33)82(66,67)68)54-57-46-44(85(75,76)77)18-26-16-28(6-10-32(26)48(46)79-4)49-27-5-9-31-25(15-27)17-43(84(72,73)74)45(47(31)59)56-55-38-14-24(2)36(22-40(38)78-3)53-51-34-12-8-30(81(63,64)65)20-42(34)83(69,70)71/h5-22,49,58-59H,1-4H3,(H,60,61,62)(H,63,64,65)(H,66,67,68)(H,69,70,71)(H,72,73,74)(H,75,76,77). The number of phenols is 2. The Morgan fingerprint density at radius 1 is 0.376 bits per heavy atom. The Kier molecular flexibility index (Phi) is 16.8. The van der Waals surface area contributed by atoms with Crippen LogP contribution in [0.5, 0.6) is 23.0 Å². The van der Waals surface area contributed by atoms with Crippen LogP contribution in [0.4, 0.5) is 56.9 Å². The summed E-state index contributed by atoms with van der Waals surface area (Å²) in [5, 5.41) is 57.1. The van der Waals surface area contributed by atoms with Gasteiger partial charge >= 0.3 is 0 Å². The van der Waals surface area contributed by atoms with E-state index in [1.807, 2.05) is 0 Å². The van der Waals surface area contributed by atoms with Gasteiger partial charge in [-0.3, -0.25) is 27.3 Å². The predicted octanol–water partition coefficient (Wildman–Crippen LogP) is 10.9. The van der Waals surface area contributed by atoms with Crippen LogP contribution in [0.2, 0.25) is 0 Å². The molecular weight excluding hydrogens is 1250 g/mol. The van der Waals surface area contributed by atoms with Crippen LogP contribution in [-0.2, 0) is 60.7 Å². The molecule has 8 rings (SSSR count). The Bertz CT molecular complexity index is 5010. The van der Waals surface area contributed by atoms with Gasteiger partial charge in [0.2, 0.25) is 0 Å². The lowest BCUT2D eigenvalue weighted by atomic mass is 10.1. The van der Waals surface area contributed by atoms with E-state index in [1.165, 1.54) is 82.7 Å². The molecule has 0 aliphatic heterocycles. The zero-order valence-electron chi connectivity index (χ0n) is 43.2. The maximum Gasteiger partial charge on any atom is 0.296 e. The number of methoxy groups -OCH3 is 2. The number of azo groups is 4. The first-order valence-electron chi connectivity index (χ1n) is 23.0. The average Bonchev–Trinajstić information content (AvgIpc) is 3.51. The fourth-order valence-electron chi connectivity index (χ4n) is 7.98. The lowest BCUT2D eigenvalue weighted by Crippen LogP contribution is -2.03. The van der Waals surface area contributed by atoms with E-state index in [-0.39, 0.29) is 78.3 Å². The lowest BCUT2D eigenvalue weighted by molar-refractivity contribution is 0.416. The number of hydrogen-bond donors (Lipinski definition) is 9. The van der Waals surface area contributed by atoms with Crippen LogP contribution in [0.1, 0.15) is 11.1 Å². The van der Waals surface area contributed by atoms with Gasteiger partial charge in [-0.1, -0.05) is 0 Å². The number of aromatic hydroxyl groups is 2. The second kappa shape index (κ2) is 23.0. The molecule has 0 saturated carbocycles. The highest BCUT2D eigenvalue weighted by Gasteiger charge is 2.27. The van der Waals surface area contributed by atoms with E-state index in [0.717, 1.165) is 42.5 Å². The number of nitrogens with one attached hydrogen (secondary N) is 1. The minimum Gasteiger partial charge on any atom is -0.506 e. The molecule has 0 aliphatic carbocycles. The zero-order chi connectivity index (χ0) is 62.5. The molecule has 0 unspecified atom stereocenters. The second-order valence-corrected chi connectivity index (χ2v) is 26.1. The van der Waals surface area contributed by atoms with Crippen LogP contribution in [0, 0.1) is 13.8 Å². The molecule has 9 N–H and O–H groups in total. The van der Waals surface area contributed by atoms with Crippen molar-refractivity contribution in [1.82, 2.24) is 0 Å². The molecule has 0 radical (unpaired) electrons. The van der Waals surface area contributed by atoms with Gasteiger partial charge in [-0.05, 0) is 133 Å². The van der Waals surface area contributed by atoms with Crippen LogP contribution in [0.15, 0.2) is 179 Å². The number of nitrogens with zero attached hydrogens (tertiary/aromatic N) is 8. The number of hydrogen-bond acceptors (Lipinski definition) is 25. The normalized spacial score (nSPS) is 13.1. The van der Waals surface area contributed by atoms with Crippen molar-refractivity contribution in [1.29, 1.82) is 0 Å². The summed E-state index contributed by atoms with van der Waals surface area (Å²) >= 11 is 0. The zero-order valence-corrected chi connectivity index (χ0v) is 48.1. The quantitative estimate of drug-likeness (QED) is 0.0285. The van der Waals surface area contributed by atoms with Crippen molar-refractivity contribution in [2.24, 2.45) is 40.9 Å². The van der Waals surface area contributed by atoms with Crippen molar-refractivity contribution < 1.29 is 97.5 Å². The topological polar surface area (TPSA) is 496 Å². The molecule has 0 fully saturated rings. The SMILES string of the molecule is COc1cc(N=Nc2ccc(S(=O)(=O)O)cc2S(=O)(=O)O)c(C)cc1N=Nc1c(S(=O)(=O)O)cc2cc(Nc3ccc4c(OC)c(N=Nc5cc(C)c(N=Nc6ccc(S(=O)(=O)O)cc6S(=O)(=O)O)cc5O)c(S(=O)(=O)O)cc4c3)ccc2c1O. The summed E-state index contributed by atoms with van der Waals surface area (Å²) in [5.74, 6) is -1.69. The van der Waals surface area contributed by atoms with Crippen LogP contribution in [0.3, 0.4) is 0 Å². The molecule has 0 amide bonds. The van der Waals surface area contributed by atoms with Crippen molar-refractivity contribution in [2.45, 2.75) is 43.2 Å². The summed E-state index contributed by atoms with van der Waals surface area (Å²) in [4.78, 5) is -5.45. The Hall–Kier alpha value is -8.86. The smallest absolute Gasteiger partial charge is 0.296 e. The molecule has 8 aromatic carbocycles. The summed E-state index contributed by atoms with van der Waals surface area (Å²) < 4.78 is 215. The van der Waals surface area contributed by atoms with Crippen molar-refractivity contribution in [2.75, 3.05) is 19.5 Å². The number of ether oxygens (including phenoxy) is 2. The van der Waals surface area contributed by atoms with Crippen LogP contribution < -0.4 is 14.8 Å². The summed E-state index contributed by atoms with van der Waals surface area (Å²) in [6.45, 7) is 2.93. The highest BCUT2D eigenvalue weighted by molar-refractivity contribution is 7.87. The third-order valence-electron chi connectivity index (χ3n) is 12.0. The minimum atomic E-state index is -5.17. The van der Waals surface area contributed by atoms with Gasteiger partial charge < -0.3 is 25.0 Å². The van der Waals surface area contributed by atoms with E-state index in [9.17, 15) is 88.0 Å². The average molecular weight is 1290 g/mol. The van der Waals surface area contributed by atoms with Gasteiger partial charge in [-0.2, -0.15) is 60.7 Å². The Morgan fingerprint density at radius 2 is 0.788 bits per heavy atom. The van der Waals surface area contributed by atoms with Crippen molar-refractivity contribution >= 4 is 139 Å². The maximum absolute atomic E-state index is 12.9. The third kappa shape index (κ3) is 13.7. The van der Waals surface area contributed by atoms with E-state index in [4.69, 9.17) is 9.47 Å². The molecule has 0 heterocycles. The number of fused-ring (bicyclic) bond motifs is 2. The van der Waals surface area contributed by atoms with Crippen molar-refractivity contribution in [3.8, 4) is 23.0 Å². The highest BCUT2D eigenvalue weighted by atomic mass is 32.2. The monoisotopic (exact) mass is 1290 g/mol. The van der Waals surface area contributed by atoms with Gasteiger partial charge in [0, 0.05) is 34.3 Å². The molecule has 85 heavy (non-hydrogen) atoms. The van der Waals surface area contributed by atoms with Gasteiger partial charge in [0.05, 0.1) is 35.4 Å². The summed E-state index contributed by atoms with van der Waals surface area (Å²) in [7, 11) is -27.9. The second-order valence-electron chi connectivity index (χ2n) is 17.7. The van der Waals surface area contributed by atoms with E-state index >= 15 is 0 Å². The Labute approximate surface area is 480 Å². The Balaban J connectivity index is 1.08. The van der Waals surface area contributed by atoms with Crippen molar-refractivity contribution in [3.63, 3.8) is 0 Å². The first kappa shape index (κ1) is 62.2. The summed E-state index contributed by atoms with van der Waals surface area (Å²) in [6, 6.07) is 19.6. The summed E-state index contributed by atoms with van der Waals surface area (Å²) in [5.41, 5.74) is -1.80. The van der Waals surface area contributed by atoms with Gasteiger partial charge in [0.1, 0.15) is 65.2 Å². The van der Waals surface area contributed by atoms with Crippen LogP contribution in [0.25, 0.3) is 21.5 Å². The number of rotatable bonds is 18. The number of anilines is 2. The largest absolute Gasteiger partial charge is 0.506 e. The van der Waals surface area contributed by atoms with E-state index in [2.05, 4.69) is 46.2 Å². The Morgan fingerprint density at radius 3 is 1.26 bits per heavy atom. The van der Waals surface area contributed by atoms with E-state index in [0.29, 0.717) is 12.1 Å². The van der Waals surface area contributed by atoms with Crippen LogP contribution in [-0.4, -0.2) is 102 Å². The van der Waals surface area contributed by atoms with Gasteiger partial charge in [-0.25, -0.2) is 0 Å². The van der Waals surface area contributed by atoms with Crippen molar-refractivity contribution in [3.05, 3.63) is 120 Å². The maximum atomic E-state index is 12.9. The molecule has 31 nitrogen and oxygen atoms in total. The van der Waals surface area contributed by atoms with Gasteiger partial charge in [-0.15, -0.1) is 30.7 Å². The van der Waals surface area contributed by atoms with Gasteiger partial charge in [0.25, 0.3) is 60.7 Å².